The van der Waals surface area contributed by atoms with E-state index in [1.165, 1.54) is 17.7 Å². The minimum Gasteiger partial charge on any atom is -0.331 e. The highest BCUT2D eigenvalue weighted by atomic mass is 127. The van der Waals surface area contributed by atoms with Gasteiger partial charge in [0, 0.05) is 13.1 Å². The number of benzene rings is 1. The summed E-state index contributed by atoms with van der Waals surface area (Å²) < 4.78 is 16.0. The summed E-state index contributed by atoms with van der Waals surface area (Å²) in [5.41, 5.74) is 1.14. The second-order valence-corrected chi connectivity index (χ2v) is 6.14. The highest BCUT2D eigenvalue weighted by Crippen LogP contribution is 2.29. The minimum atomic E-state index is -0.701. The van der Waals surface area contributed by atoms with Gasteiger partial charge in [0.05, 0.1) is 21.0 Å². The number of halogens is 2. The van der Waals surface area contributed by atoms with E-state index in [2.05, 4.69) is 4.98 Å². The Labute approximate surface area is 131 Å². The first-order chi connectivity index (χ1) is 9.40. The van der Waals surface area contributed by atoms with E-state index in [0.29, 0.717) is 19.4 Å². The predicted octanol–water partition coefficient (Wildman–Crippen LogP) is 2.37. The number of likely N-dealkylation sites (N-methyl/N-ethyl adjacent to an activating group) is 1. The van der Waals surface area contributed by atoms with E-state index in [0.717, 1.165) is 4.90 Å². The van der Waals surface area contributed by atoms with Gasteiger partial charge in [-0.3, -0.25) is 14.5 Å². The molecule has 5 nitrogen and oxygen atoms in total. The lowest BCUT2D eigenvalue weighted by molar-refractivity contribution is -0.137. The van der Waals surface area contributed by atoms with Crippen molar-refractivity contribution in [1.82, 2.24) is 14.5 Å². The molecule has 20 heavy (non-hydrogen) atoms. The van der Waals surface area contributed by atoms with Gasteiger partial charge in [0.25, 0.3) is 5.91 Å². The molecule has 2 heterocycles. The van der Waals surface area contributed by atoms with Crippen molar-refractivity contribution in [1.29, 1.82) is 0 Å². The quantitative estimate of drug-likeness (QED) is 0.451. The number of carbonyl (C=O) groups excluding carboxylic acids is 2. The van der Waals surface area contributed by atoms with Crippen molar-refractivity contribution in [2.75, 3.05) is 7.05 Å². The van der Waals surface area contributed by atoms with Gasteiger partial charge in [-0.1, -0.05) is 0 Å². The Morgan fingerprint density at radius 1 is 1.45 bits per heavy atom. The number of likely N-dealkylation sites (tertiary alicyclic amines) is 1. The van der Waals surface area contributed by atoms with E-state index in [-0.39, 0.29) is 24.1 Å². The second kappa shape index (κ2) is 4.62. The third-order valence-corrected chi connectivity index (χ3v) is 4.55. The van der Waals surface area contributed by atoms with E-state index in [1.807, 2.05) is 22.6 Å². The van der Waals surface area contributed by atoms with Crippen molar-refractivity contribution in [3.8, 4) is 0 Å². The minimum absolute atomic E-state index is 0.0458. The Kier molecular flexibility index (Phi) is 3.16. The molecule has 2 aromatic rings. The van der Waals surface area contributed by atoms with Gasteiger partial charge in [-0.15, -0.1) is 0 Å². The lowest BCUT2D eigenvalue weighted by atomic mass is 10.2. The third kappa shape index (κ3) is 1.89. The maximum atomic E-state index is 13.7. The first-order valence-electron chi connectivity index (χ1n) is 5.80. The van der Waals surface area contributed by atoms with Gasteiger partial charge < -0.3 is 9.55 Å². The van der Waals surface area contributed by atoms with Crippen molar-refractivity contribution in [2.24, 2.45) is 0 Å². The van der Waals surface area contributed by atoms with Gasteiger partial charge in [0.1, 0.15) is 11.9 Å². The number of nitrogens with zero attached hydrogens (tertiary/aromatic N) is 2. The largest absolute Gasteiger partial charge is 0.331 e. The van der Waals surface area contributed by atoms with Crippen molar-refractivity contribution < 1.29 is 14.0 Å². The Morgan fingerprint density at radius 3 is 2.75 bits per heavy atom. The van der Waals surface area contributed by atoms with E-state index >= 15 is 0 Å². The zero-order valence-corrected chi connectivity index (χ0v) is 13.3. The van der Waals surface area contributed by atoms with Crippen molar-refractivity contribution in [3.63, 3.8) is 0 Å². The fourth-order valence-electron chi connectivity index (χ4n) is 2.37. The zero-order chi connectivity index (χ0) is 14.6. The van der Waals surface area contributed by atoms with Crippen LogP contribution in [0, 0.1) is 14.2 Å². The lowest BCUT2D eigenvalue weighted by Crippen LogP contribution is -2.26. The van der Waals surface area contributed by atoms with Crippen molar-refractivity contribution in [2.45, 2.75) is 12.5 Å². The third-order valence-electron chi connectivity index (χ3n) is 3.43. The average molecular weight is 405 g/mol. The van der Waals surface area contributed by atoms with Crippen LogP contribution in [0.1, 0.15) is 12.5 Å². The van der Waals surface area contributed by atoms with E-state index < -0.39 is 6.04 Å². The van der Waals surface area contributed by atoms with Crippen LogP contribution in [0.3, 0.4) is 0 Å². The molecule has 1 atom stereocenters. The molecule has 0 saturated carbocycles. The van der Waals surface area contributed by atoms with Crippen LogP contribution in [-0.4, -0.2) is 33.3 Å². The van der Waals surface area contributed by atoms with Crippen LogP contribution >= 0.6 is 34.8 Å². The summed E-state index contributed by atoms with van der Waals surface area (Å²) in [5.74, 6) is -0.973. The summed E-state index contributed by atoms with van der Waals surface area (Å²) in [6.07, 6.45) is 0.0458. The number of amides is 2. The van der Waals surface area contributed by atoms with Crippen LogP contribution in [0.15, 0.2) is 12.1 Å². The maximum Gasteiger partial charge on any atom is 0.252 e. The number of fused-ring (bicyclic) bond motifs is 1. The Bertz CT molecular complexity index is 813. The lowest BCUT2D eigenvalue weighted by Gasteiger charge is -2.11. The van der Waals surface area contributed by atoms with Crippen molar-refractivity contribution >= 4 is 57.7 Å². The standard InChI is InChI=1S/C12H9FIN3O2S/c1-16-10(18)4-9(11(16)19)17-8-2-5(13)6(14)3-7(8)15-12(17)20/h2-3,9H,4H2,1H3,(H,15,20). The molecule has 1 aliphatic rings. The number of aromatic amines is 1. The van der Waals surface area contributed by atoms with Crippen LogP contribution < -0.4 is 0 Å². The Hall–Kier alpha value is -1.29. The second-order valence-electron chi connectivity index (χ2n) is 4.59. The van der Waals surface area contributed by atoms with E-state index in [4.69, 9.17) is 12.2 Å². The number of aromatic nitrogens is 2. The molecule has 0 radical (unpaired) electrons. The summed E-state index contributed by atoms with van der Waals surface area (Å²) in [6, 6.07) is 2.26. The fraction of sp³-hybridized carbons (Fsp3) is 0.250. The molecule has 1 fully saturated rings. The summed E-state index contributed by atoms with van der Waals surface area (Å²) in [5, 5.41) is 0. The first-order valence-corrected chi connectivity index (χ1v) is 7.28. The first kappa shape index (κ1) is 13.7. The van der Waals surface area contributed by atoms with Crippen LogP contribution in [0.5, 0.6) is 0 Å². The van der Waals surface area contributed by atoms with Crippen molar-refractivity contribution in [3.05, 3.63) is 26.3 Å². The van der Waals surface area contributed by atoms with Gasteiger partial charge >= 0.3 is 0 Å². The predicted molar refractivity (Wildman–Crippen MR) is 81.2 cm³/mol. The summed E-state index contributed by atoms with van der Waals surface area (Å²) in [7, 11) is 1.44. The highest BCUT2D eigenvalue weighted by Gasteiger charge is 2.38. The SMILES string of the molecule is CN1C(=O)CC(n2c(=S)[nH]c3cc(I)c(F)cc32)C1=O. The van der Waals surface area contributed by atoms with Crippen LogP contribution in [0.2, 0.25) is 0 Å². The number of hydrogen-bond donors (Lipinski definition) is 1. The molecule has 1 unspecified atom stereocenters. The summed E-state index contributed by atoms with van der Waals surface area (Å²) in [4.78, 5) is 27.7. The normalized spacial score (nSPS) is 19.4. The molecular formula is C12H9FIN3O2S. The molecule has 1 aliphatic heterocycles. The molecule has 1 aromatic heterocycles. The average Bonchev–Trinajstić information content (AvgIpc) is 2.81. The molecule has 0 spiro atoms. The van der Waals surface area contributed by atoms with Crippen LogP contribution in [0.25, 0.3) is 11.0 Å². The van der Waals surface area contributed by atoms with Gasteiger partial charge in [0.2, 0.25) is 5.91 Å². The van der Waals surface area contributed by atoms with Gasteiger partial charge in [-0.25, -0.2) is 4.39 Å². The molecule has 0 aliphatic carbocycles. The number of rotatable bonds is 1. The van der Waals surface area contributed by atoms with Gasteiger partial charge in [-0.2, -0.15) is 0 Å². The monoisotopic (exact) mass is 405 g/mol. The Balaban J connectivity index is 2.24. The number of hydrogen-bond acceptors (Lipinski definition) is 3. The number of H-pyrrole nitrogens is 1. The van der Waals surface area contributed by atoms with E-state index in [9.17, 15) is 14.0 Å². The smallest absolute Gasteiger partial charge is 0.252 e. The fourth-order valence-corrected chi connectivity index (χ4v) is 3.17. The van der Waals surface area contributed by atoms with Crippen LogP contribution in [-0.2, 0) is 9.59 Å². The molecule has 8 heteroatoms. The molecule has 104 valence electrons. The summed E-state index contributed by atoms with van der Waals surface area (Å²) in [6.45, 7) is 0. The molecule has 1 N–H and O–H groups in total. The molecule has 2 amide bonds. The Morgan fingerprint density at radius 2 is 2.15 bits per heavy atom. The summed E-state index contributed by atoms with van der Waals surface area (Å²) >= 11 is 7.09. The molecule has 3 rings (SSSR count). The topological polar surface area (TPSA) is 58.1 Å². The molecule has 0 bridgehead atoms. The molecule has 1 saturated heterocycles. The highest BCUT2D eigenvalue weighted by molar-refractivity contribution is 14.1. The number of imidazole rings is 1. The van der Waals surface area contributed by atoms with Crippen LogP contribution in [0.4, 0.5) is 4.39 Å². The van der Waals surface area contributed by atoms with Gasteiger partial charge in [0.15, 0.2) is 4.77 Å². The van der Waals surface area contributed by atoms with E-state index in [1.54, 1.807) is 6.07 Å². The molecule has 1 aromatic carbocycles. The number of carbonyl (C=O) groups is 2. The van der Waals surface area contributed by atoms with Gasteiger partial charge in [-0.05, 0) is 40.9 Å². The number of imide groups is 1. The zero-order valence-electron chi connectivity index (χ0n) is 10.3. The number of nitrogens with one attached hydrogen (secondary N) is 1. The maximum absolute atomic E-state index is 13.7. The molecular weight excluding hydrogens is 396 g/mol.